The molecule has 0 atom stereocenters. The van der Waals surface area contributed by atoms with Crippen LogP contribution < -0.4 is 10.6 Å². The highest BCUT2D eigenvalue weighted by Gasteiger charge is 2.21. The quantitative estimate of drug-likeness (QED) is 0.804. The molecule has 0 aromatic carbocycles. The average molecular weight is 237 g/mol. The van der Waals surface area contributed by atoms with Gasteiger partial charge in [0.1, 0.15) is 0 Å². The Morgan fingerprint density at radius 2 is 2.24 bits per heavy atom. The van der Waals surface area contributed by atoms with Gasteiger partial charge in [-0.1, -0.05) is 0 Å². The lowest BCUT2D eigenvalue weighted by Gasteiger charge is -2.33. The average Bonchev–Trinajstić information content (AvgIpc) is 2.38. The Bertz CT molecular complexity index is 351. The number of nitrogens with two attached hydrogens (primary N) is 1. The number of hydrogen-bond donors (Lipinski definition) is 2. The van der Waals surface area contributed by atoms with E-state index >= 15 is 0 Å². The number of nitrogen functional groups attached to an aromatic ring is 1. The molecule has 1 aliphatic rings. The fourth-order valence-corrected chi connectivity index (χ4v) is 2.13. The minimum atomic E-state index is 0.0907. The number of piperidine rings is 1. The smallest absolute Gasteiger partial charge is 0.151 e. The summed E-state index contributed by atoms with van der Waals surface area (Å²) in [6, 6.07) is 3.71. The summed E-state index contributed by atoms with van der Waals surface area (Å²) in [7, 11) is 0. The van der Waals surface area contributed by atoms with Crippen molar-refractivity contribution >= 4 is 11.5 Å². The second kappa shape index (κ2) is 5.84. The van der Waals surface area contributed by atoms with E-state index in [9.17, 15) is 0 Å². The third-order valence-corrected chi connectivity index (χ3v) is 3.00. The number of nitrogens with zero attached hydrogens (tertiary/aromatic N) is 2. The Kier molecular flexibility index (Phi) is 4.17. The van der Waals surface area contributed by atoms with E-state index in [0.29, 0.717) is 6.61 Å². The van der Waals surface area contributed by atoms with Crippen molar-refractivity contribution in [3.05, 3.63) is 18.3 Å². The van der Waals surface area contributed by atoms with Crippen LogP contribution in [0.4, 0.5) is 11.5 Å². The molecule has 1 saturated heterocycles. The molecule has 0 spiro atoms. The van der Waals surface area contributed by atoms with E-state index in [4.69, 9.17) is 15.6 Å². The molecule has 3 N–H and O–H groups in total. The first-order valence-electron chi connectivity index (χ1n) is 5.99. The van der Waals surface area contributed by atoms with Gasteiger partial charge in [0.25, 0.3) is 0 Å². The van der Waals surface area contributed by atoms with Gasteiger partial charge in [-0.15, -0.1) is 0 Å². The van der Waals surface area contributed by atoms with Crippen LogP contribution in [0, 0.1) is 0 Å². The van der Waals surface area contributed by atoms with Crippen molar-refractivity contribution in [2.45, 2.75) is 18.9 Å². The van der Waals surface area contributed by atoms with Crippen LogP contribution in [-0.2, 0) is 4.74 Å². The minimum Gasteiger partial charge on any atom is -0.396 e. The maximum atomic E-state index is 8.70. The number of aliphatic hydroxyl groups is 1. The zero-order valence-electron chi connectivity index (χ0n) is 9.88. The Hall–Kier alpha value is -1.33. The van der Waals surface area contributed by atoms with E-state index in [2.05, 4.69) is 9.88 Å². The van der Waals surface area contributed by atoms with Crippen LogP contribution in [0.25, 0.3) is 0 Å². The molecule has 0 saturated carbocycles. The molecular formula is C12H19N3O2. The van der Waals surface area contributed by atoms with Gasteiger partial charge in [0.2, 0.25) is 0 Å². The van der Waals surface area contributed by atoms with Crippen LogP contribution in [0.15, 0.2) is 18.3 Å². The first-order valence-corrected chi connectivity index (χ1v) is 5.99. The number of anilines is 2. The summed E-state index contributed by atoms with van der Waals surface area (Å²) < 4.78 is 5.52. The summed E-state index contributed by atoms with van der Waals surface area (Å²) in [4.78, 5) is 6.50. The summed E-state index contributed by atoms with van der Waals surface area (Å²) in [6.07, 6.45) is 3.93. The van der Waals surface area contributed by atoms with Crippen molar-refractivity contribution in [2.75, 3.05) is 36.9 Å². The molecule has 94 valence electrons. The molecule has 1 fully saturated rings. The van der Waals surface area contributed by atoms with Crippen LogP contribution in [0.3, 0.4) is 0 Å². The second-order valence-electron chi connectivity index (χ2n) is 4.20. The van der Waals surface area contributed by atoms with E-state index in [1.54, 1.807) is 6.20 Å². The van der Waals surface area contributed by atoms with Crippen molar-refractivity contribution in [1.82, 2.24) is 4.98 Å². The molecule has 2 rings (SSSR count). The molecule has 0 aliphatic carbocycles. The van der Waals surface area contributed by atoms with Gasteiger partial charge in [-0.2, -0.15) is 0 Å². The van der Waals surface area contributed by atoms with Crippen molar-refractivity contribution in [3.8, 4) is 0 Å². The highest BCUT2D eigenvalue weighted by molar-refractivity contribution is 5.62. The number of rotatable bonds is 4. The lowest BCUT2D eigenvalue weighted by atomic mass is 10.1. The Morgan fingerprint density at radius 1 is 1.47 bits per heavy atom. The number of pyridine rings is 1. The maximum Gasteiger partial charge on any atom is 0.151 e. The Balaban J connectivity index is 1.89. The molecule has 5 heteroatoms. The van der Waals surface area contributed by atoms with E-state index < -0.39 is 0 Å². The molecule has 0 bridgehead atoms. The largest absolute Gasteiger partial charge is 0.396 e. The Morgan fingerprint density at radius 3 is 2.88 bits per heavy atom. The predicted molar refractivity (Wildman–Crippen MR) is 66.9 cm³/mol. The number of aliphatic hydroxyl groups excluding tert-OH is 1. The molecule has 1 aromatic heterocycles. The summed E-state index contributed by atoms with van der Waals surface area (Å²) in [5.74, 6) is 0.869. The lowest BCUT2D eigenvalue weighted by Crippen LogP contribution is -2.38. The molecule has 1 aliphatic heterocycles. The maximum absolute atomic E-state index is 8.70. The molecule has 0 radical (unpaired) electrons. The first-order chi connectivity index (χ1) is 8.31. The molecule has 2 heterocycles. The van der Waals surface area contributed by atoms with Gasteiger partial charge in [0.15, 0.2) is 5.82 Å². The zero-order chi connectivity index (χ0) is 12.1. The first kappa shape index (κ1) is 12.1. The second-order valence-corrected chi connectivity index (χ2v) is 4.20. The zero-order valence-corrected chi connectivity index (χ0v) is 9.88. The molecule has 1 aromatic rings. The summed E-state index contributed by atoms with van der Waals surface area (Å²) in [5.41, 5.74) is 6.62. The van der Waals surface area contributed by atoms with Crippen molar-refractivity contribution in [3.63, 3.8) is 0 Å². The number of hydrogen-bond acceptors (Lipinski definition) is 5. The molecule has 0 unspecified atom stereocenters. The van der Waals surface area contributed by atoms with Gasteiger partial charge < -0.3 is 20.5 Å². The molecule has 0 amide bonds. The normalized spacial score (nSPS) is 17.4. The van der Waals surface area contributed by atoms with Gasteiger partial charge in [-0.05, 0) is 25.0 Å². The van der Waals surface area contributed by atoms with Gasteiger partial charge in [0, 0.05) is 19.3 Å². The number of ether oxygens (including phenoxy) is 1. The highest BCUT2D eigenvalue weighted by Crippen LogP contribution is 2.23. The van der Waals surface area contributed by atoms with Crippen LogP contribution in [0.2, 0.25) is 0 Å². The predicted octanol–water partition coefficient (Wildman–Crippen LogP) is 0.641. The fraction of sp³-hybridized carbons (Fsp3) is 0.583. The minimum absolute atomic E-state index is 0.0907. The van der Waals surface area contributed by atoms with Crippen LogP contribution >= 0.6 is 0 Å². The summed E-state index contributed by atoms with van der Waals surface area (Å²) in [6.45, 7) is 2.32. The van der Waals surface area contributed by atoms with E-state index in [1.807, 2.05) is 12.1 Å². The molecule has 5 nitrogen and oxygen atoms in total. The van der Waals surface area contributed by atoms with E-state index in [1.165, 1.54) is 0 Å². The van der Waals surface area contributed by atoms with Gasteiger partial charge in [-0.3, -0.25) is 0 Å². The van der Waals surface area contributed by atoms with Crippen LogP contribution in [0.1, 0.15) is 12.8 Å². The van der Waals surface area contributed by atoms with E-state index in [0.717, 1.165) is 37.4 Å². The standard InChI is InChI=1S/C12H19N3O2/c13-11-2-1-5-14-12(11)15-6-3-10(4-7-15)17-9-8-16/h1-2,5,10,16H,3-4,6-9,13H2. The van der Waals surface area contributed by atoms with Gasteiger partial charge in [-0.25, -0.2) is 4.98 Å². The van der Waals surface area contributed by atoms with Gasteiger partial charge in [0.05, 0.1) is 25.0 Å². The fourth-order valence-electron chi connectivity index (χ4n) is 2.13. The van der Waals surface area contributed by atoms with Crippen LogP contribution in [-0.4, -0.2) is 42.5 Å². The van der Waals surface area contributed by atoms with Crippen molar-refractivity contribution in [2.24, 2.45) is 0 Å². The highest BCUT2D eigenvalue weighted by atomic mass is 16.5. The number of aromatic nitrogens is 1. The summed E-state index contributed by atoms with van der Waals surface area (Å²) in [5, 5.41) is 8.70. The third-order valence-electron chi connectivity index (χ3n) is 3.00. The van der Waals surface area contributed by atoms with E-state index in [-0.39, 0.29) is 12.7 Å². The van der Waals surface area contributed by atoms with Crippen molar-refractivity contribution in [1.29, 1.82) is 0 Å². The Labute approximate surface area is 101 Å². The topological polar surface area (TPSA) is 71.6 Å². The van der Waals surface area contributed by atoms with Crippen molar-refractivity contribution < 1.29 is 9.84 Å². The lowest BCUT2D eigenvalue weighted by molar-refractivity contribution is 0.0158. The molecule has 17 heavy (non-hydrogen) atoms. The van der Waals surface area contributed by atoms with Crippen LogP contribution in [0.5, 0.6) is 0 Å². The SMILES string of the molecule is Nc1cccnc1N1CCC(OCCO)CC1. The molecular weight excluding hydrogens is 218 g/mol. The summed E-state index contributed by atoms with van der Waals surface area (Å²) >= 11 is 0. The van der Waals surface area contributed by atoms with Gasteiger partial charge >= 0.3 is 0 Å². The monoisotopic (exact) mass is 237 g/mol. The third kappa shape index (κ3) is 3.08.